The van der Waals surface area contributed by atoms with Crippen LogP contribution < -0.4 is 16.3 Å². The minimum atomic E-state index is -1.18. The third-order valence-electron chi connectivity index (χ3n) is 4.69. The van der Waals surface area contributed by atoms with Crippen LogP contribution in [-0.4, -0.2) is 54.9 Å². The Morgan fingerprint density at radius 2 is 1.41 bits per heavy atom. The summed E-state index contributed by atoms with van der Waals surface area (Å²) in [6.45, 7) is 5.05. The second kappa shape index (κ2) is 21.4. The fourth-order valence-electron chi connectivity index (χ4n) is 2.93. The first-order chi connectivity index (χ1) is 15.5. The number of rotatable bonds is 21. The summed E-state index contributed by atoms with van der Waals surface area (Å²) < 4.78 is 15.0. The molecule has 0 rings (SSSR count). The Labute approximate surface area is 196 Å². The van der Waals surface area contributed by atoms with Crippen molar-refractivity contribution in [3.8, 4) is 0 Å². The van der Waals surface area contributed by atoms with Crippen LogP contribution >= 0.6 is 11.9 Å². The average Bonchev–Trinajstić information content (AvgIpc) is 2.77. The highest BCUT2D eigenvalue weighted by molar-refractivity contribution is 6.07. The van der Waals surface area contributed by atoms with E-state index in [1.165, 1.54) is 0 Å². The van der Waals surface area contributed by atoms with Crippen molar-refractivity contribution >= 4 is 29.7 Å². The van der Waals surface area contributed by atoms with Crippen LogP contribution in [0, 0.1) is 0 Å². The molecule has 11 heteroatoms. The van der Waals surface area contributed by atoms with Gasteiger partial charge in [0, 0.05) is 32.5 Å². The summed E-state index contributed by atoms with van der Waals surface area (Å²) in [7, 11) is 0. The van der Waals surface area contributed by atoms with Crippen LogP contribution in [0.5, 0.6) is 0 Å². The zero-order chi connectivity index (χ0) is 24.0. The minimum Gasteiger partial charge on any atom is -0.458 e. The predicted octanol–water partition coefficient (Wildman–Crippen LogP) is 2.91. The van der Waals surface area contributed by atoms with Crippen molar-refractivity contribution in [2.75, 3.05) is 19.6 Å². The van der Waals surface area contributed by atoms with E-state index < -0.39 is 30.1 Å². The van der Waals surface area contributed by atoms with Crippen LogP contribution in [0.2, 0.25) is 0 Å². The second-order valence-electron chi connectivity index (χ2n) is 7.60. The molecule has 0 saturated heterocycles. The molecule has 0 heterocycles. The summed E-state index contributed by atoms with van der Waals surface area (Å²) in [5, 5.41) is 11.2. The number of amides is 1. The minimum absolute atomic E-state index is 0.175. The standard InChI is InChI=1S/C21H40ClN3O7/c1-3-14-23-21(28)20(31-19(27)13-9-4-6-10-15-24-29)17(2)30-18(26)12-8-5-7-11-16-25-32-22/h17,20,24-25,29H,3-16H2,1-2H3,(H,23,28). The highest BCUT2D eigenvalue weighted by Crippen LogP contribution is 2.12. The van der Waals surface area contributed by atoms with Gasteiger partial charge in [-0.1, -0.05) is 32.6 Å². The zero-order valence-electron chi connectivity index (χ0n) is 19.3. The summed E-state index contributed by atoms with van der Waals surface area (Å²) >= 11 is 5.05. The van der Waals surface area contributed by atoms with E-state index in [0.29, 0.717) is 32.5 Å². The Balaban J connectivity index is 4.44. The molecule has 0 aromatic heterocycles. The first-order valence-electron chi connectivity index (χ1n) is 11.5. The summed E-state index contributed by atoms with van der Waals surface area (Å²) in [5.41, 5.74) is 4.62. The molecule has 0 spiro atoms. The SMILES string of the molecule is CCCNC(=O)C(OC(=O)CCCCCCNO)C(C)OC(=O)CCCCCCNOCl. The van der Waals surface area contributed by atoms with Gasteiger partial charge in [-0.15, -0.1) is 0 Å². The van der Waals surface area contributed by atoms with Crippen LogP contribution in [0.3, 0.4) is 0 Å². The molecule has 0 radical (unpaired) electrons. The van der Waals surface area contributed by atoms with E-state index in [2.05, 4.69) is 20.7 Å². The van der Waals surface area contributed by atoms with E-state index in [0.717, 1.165) is 44.9 Å². The van der Waals surface area contributed by atoms with E-state index in [1.54, 1.807) is 6.92 Å². The zero-order valence-corrected chi connectivity index (χ0v) is 20.1. The van der Waals surface area contributed by atoms with Gasteiger partial charge in [-0.05, 0) is 39.0 Å². The van der Waals surface area contributed by atoms with Crippen LogP contribution in [0.25, 0.3) is 0 Å². The lowest BCUT2D eigenvalue weighted by Crippen LogP contribution is -2.46. The summed E-state index contributed by atoms with van der Waals surface area (Å²) in [5.74, 6) is -1.40. The monoisotopic (exact) mass is 481 g/mol. The van der Waals surface area contributed by atoms with Crippen molar-refractivity contribution in [1.82, 2.24) is 16.3 Å². The lowest BCUT2D eigenvalue weighted by molar-refractivity contribution is -0.171. The third kappa shape index (κ3) is 17.1. The van der Waals surface area contributed by atoms with Gasteiger partial charge in [0.15, 0.2) is 0 Å². The van der Waals surface area contributed by atoms with E-state index in [4.69, 9.17) is 26.5 Å². The van der Waals surface area contributed by atoms with Crippen molar-refractivity contribution in [1.29, 1.82) is 0 Å². The molecule has 188 valence electrons. The van der Waals surface area contributed by atoms with Crippen LogP contribution in [0.15, 0.2) is 0 Å². The molecule has 0 aliphatic carbocycles. The molecule has 0 aromatic carbocycles. The lowest BCUT2D eigenvalue weighted by atomic mass is 10.1. The van der Waals surface area contributed by atoms with Gasteiger partial charge in [0.05, 0.1) is 11.9 Å². The number of ether oxygens (including phenoxy) is 2. The molecule has 0 aliphatic heterocycles. The van der Waals surface area contributed by atoms with Gasteiger partial charge in [0.25, 0.3) is 5.91 Å². The molecule has 4 N–H and O–H groups in total. The first kappa shape index (κ1) is 30.5. The Bertz CT molecular complexity index is 512. The molecule has 10 nitrogen and oxygen atoms in total. The largest absolute Gasteiger partial charge is 0.458 e. The van der Waals surface area contributed by atoms with Crippen molar-refractivity contribution in [2.24, 2.45) is 0 Å². The molecule has 1 amide bonds. The van der Waals surface area contributed by atoms with Crippen molar-refractivity contribution in [3.05, 3.63) is 0 Å². The maximum atomic E-state index is 12.5. The van der Waals surface area contributed by atoms with Gasteiger partial charge in [-0.3, -0.25) is 14.4 Å². The van der Waals surface area contributed by atoms with E-state index >= 15 is 0 Å². The molecule has 2 atom stereocenters. The van der Waals surface area contributed by atoms with Gasteiger partial charge >= 0.3 is 11.9 Å². The predicted molar refractivity (Wildman–Crippen MR) is 120 cm³/mol. The molecule has 0 aromatic rings. The fourth-order valence-corrected chi connectivity index (χ4v) is 3.00. The van der Waals surface area contributed by atoms with Crippen LogP contribution in [-0.2, 0) is 28.2 Å². The van der Waals surface area contributed by atoms with E-state index in [-0.39, 0.29) is 12.8 Å². The number of carbonyl (C=O) groups excluding carboxylic acids is 3. The molecule has 0 bridgehead atoms. The number of carbonyl (C=O) groups is 3. The van der Waals surface area contributed by atoms with Gasteiger partial charge < -0.3 is 20.0 Å². The summed E-state index contributed by atoms with van der Waals surface area (Å²) in [6, 6.07) is 0. The maximum Gasteiger partial charge on any atom is 0.306 e. The van der Waals surface area contributed by atoms with Gasteiger partial charge in [0.2, 0.25) is 6.10 Å². The van der Waals surface area contributed by atoms with Crippen molar-refractivity contribution in [3.63, 3.8) is 0 Å². The maximum absolute atomic E-state index is 12.5. The number of hydrogen-bond acceptors (Lipinski definition) is 9. The number of unbranched alkanes of at least 4 members (excludes halogenated alkanes) is 6. The van der Waals surface area contributed by atoms with E-state index in [1.807, 2.05) is 6.92 Å². The summed E-state index contributed by atoms with van der Waals surface area (Å²) in [4.78, 5) is 36.8. The number of hydrogen-bond donors (Lipinski definition) is 4. The highest BCUT2D eigenvalue weighted by Gasteiger charge is 2.31. The van der Waals surface area contributed by atoms with E-state index in [9.17, 15) is 14.4 Å². The first-order valence-corrected chi connectivity index (χ1v) is 11.8. The fraction of sp³-hybridized carbons (Fsp3) is 0.857. The smallest absolute Gasteiger partial charge is 0.306 e. The average molecular weight is 482 g/mol. The number of hydroxylamine groups is 2. The number of nitrogens with one attached hydrogen (secondary N) is 3. The highest BCUT2D eigenvalue weighted by atomic mass is 35.5. The Kier molecular flexibility index (Phi) is 20.4. The van der Waals surface area contributed by atoms with Crippen LogP contribution in [0.4, 0.5) is 0 Å². The second-order valence-corrected chi connectivity index (χ2v) is 7.76. The Morgan fingerprint density at radius 3 is 1.97 bits per heavy atom. The molecule has 0 saturated carbocycles. The normalized spacial score (nSPS) is 12.8. The Morgan fingerprint density at radius 1 is 0.844 bits per heavy atom. The van der Waals surface area contributed by atoms with Gasteiger partial charge in [-0.25, -0.2) is 5.48 Å². The topological polar surface area (TPSA) is 135 Å². The Hall–Kier alpha value is -1.46. The van der Waals surface area contributed by atoms with Crippen molar-refractivity contribution < 1.29 is 33.5 Å². The third-order valence-corrected chi connectivity index (χ3v) is 4.80. The van der Waals surface area contributed by atoms with Gasteiger partial charge in [-0.2, -0.15) is 9.87 Å². The van der Waals surface area contributed by atoms with Gasteiger partial charge in [0.1, 0.15) is 6.10 Å². The quantitative estimate of drug-likeness (QED) is 0.111. The molecule has 0 aliphatic rings. The molecule has 32 heavy (non-hydrogen) atoms. The van der Waals surface area contributed by atoms with Crippen LogP contribution in [0.1, 0.15) is 84.5 Å². The summed E-state index contributed by atoms with van der Waals surface area (Å²) in [6.07, 6.45) is 5.44. The molecule has 2 unspecified atom stereocenters. The molecular weight excluding hydrogens is 442 g/mol. The lowest BCUT2D eigenvalue weighted by Gasteiger charge is -2.23. The van der Waals surface area contributed by atoms with Crippen molar-refractivity contribution in [2.45, 2.75) is 96.7 Å². The molecule has 0 fully saturated rings. The number of esters is 2. The molecular formula is C21H40ClN3O7. The number of halogens is 1.